The summed E-state index contributed by atoms with van der Waals surface area (Å²) in [5.41, 5.74) is -0.0980. The monoisotopic (exact) mass is 409 g/mol. The first-order valence-electron chi connectivity index (χ1n) is 8.94. The molecule has 0 spiro atoms. The lowest BCUT2D eigenvalue weighted by Gasteiger charge is -2.19. The molecule has 1 aromatic carbocycles. The topological polar surface area (TPSA) is 107 Å². The van der Waals surface area contributed by atoms with Crippen LogP contribution in [-0.4, -0.2) is 46.7 Å². The average molecular weight is 409 g/mol. The van der Waals surface area contributed by atoms with Gasteiger partial charge < -0.3 is 14.8 Å². The second kappa shape index (κ2) is 8.11. The van der Waals surface area contributed by atoms with E-state index in [4.69, 9.17) is 9.47 Å². The molecule has 30 heavy (non-hydrogen) atoms. The van der Waals surface area contributed by atoms with E-state index in [1.54, 1.807) is 31.4 Å². The van der Waals surface area contributed by atoms with Gasteiger partial charge in [-0.3, -0.25) is 14.5 Å². The van der Waals surface area contributed by atoms with Gasteiger partial charge in [0.05, 0.1) is 6.20 Å². The predicted octanol–water partition coefficient (Wildman–Crippen LogP) is 1.96. The van der Waals surface area contributed by atoms with Gasteiger partial charge in [0.2, 0.25) is 0 Å². The molecule has 1 aliphatic rings. The number of rotatable bonds is 4. The van der Waals surface area contributed by atoms with E-state index in [1.807, 2.05) is 0 Å². The Hall–Kier alpha value is -4.08. The summed E-state index contributed by atoms with van der Waals surface area (Å²) < 4.78 is 24.8. The standard InChI is InChI=1S/C20H16FN5O4/c1-26-18-17(7-4-8-22-18)29-11-15(20(26)28)24-19(27)14-9-12(10-23-25-14)30-16-6-3-2-5-13(16)21/h2-10,15H,11H2,1H3,(H,24,27)/t15-/m0/s1. The highest BCUT2D eigenvalue weighted by molar-refractivity contribution is 6.02. The summed E-state index contributed by atoms with van der Waals surface area (Å²) in [7, 11) is 1.55. The zero-order chi connectivity index (χ0) is 21.1. The van der Waals surface area contributed by atoms with Gasteiger partial charge in [-0.1, -0.05) is 12.1 Å². The minimum Gasteiger partial charge on any atom is -0.487 e. The van der Waals surface area contributed by atoms with Gasteiger partial charge in [-0.05, 0) is 24.3 Å². The summed E-state index contributed by atoms with van der Waals surface area (Å²) in [4.78, 5) is 30.8. The van der Waals surface area contributed by atoms with Crippen LogP contribution in [0, 0.1) is 5.82 Å². The van der Waals surface area contributed by atoms with Crippen molar-refractivity contribution in [1.29, 1.82) is 0 Å². The molecule has 0 aliphatic carbocycles. The fourth-order valence-corrected chi connectivity index (χ4v) is 2.83. The van der Waals surface area contributed by atoms with Crippen molar-refractivity contribution in [3.8, 4) is 17.2 Å². The van der Waals surface area contributed by atoms with E-state index < -0.39 is 23.7 Å². The number of hydrogen-bond acceptors (Lipinski definition) is 7. The molecule has 0 unspecified atom stereocenters. The first kappa shape index (κ1) is 19.2. The molecule has 0 fully saturated rings. The zero-order valence-electron chi connectivity index (χ0n) is 15.8. The maximum absolute atomic E-state index is 13.8. The van der Waals surface area contributed by atoms with E-state index in [-0.39, 0.29) is 23.8 Å². The predicted molar refractivity (Wildman–Crippen MR) is 103 cm³/mol. The van der Waals surface area contributed by atoms with Crippen LogP contribution in [0.5, 0.6) is 17.2 Å². The Balaban J connectivity index is 1.49. The highest BCUT2D eigenvalue weighted by Gasteiger charge is 2.31. The van der Waals surface area contributed by atoms with Gasteiger partial charge in [-0.15, -0.1) is 5.10 Å². The van der Waals surface area contributed by atoms with Crippen LogP contribution in [-0.2, 0) is 4.79 Å². The van der Waals surface area contributed by atoms with Crippen molar-refractivity contribution in [3.63, 3.8) is 0 Å². The molecule has 2 amide bonds. The Labute approximate surface area is 170 Å². The van der Waals surface area contributed by atoms with Crippen molar-refractivity contribution in [3.05, 3.63) is 66.4 Å². The minimum atomic E-state index is -0.963. The van der Waals surface area contributed by atoms with Gasteiger partial charge in [-0.2, -0.15) is 5.10 Å². The van der Waals surface area contributed by atoms with Crippen LogP contribution >= 0.6 is 0 Å². The SMILES string of the molecule is CN1C(=O)[C@@H](NC(=O)c2cc(Oc3ccccc3F)cnn2)COc2cccnc21. The van der Waals surface area contributed by atoms with Crippen LogP contribution in [0.25, 0.3) is 0 Å². The minimum absolute atomic E-state index is 0.0175. The molecular formula is C20H16FN5O4. The van der Waals surface area contributed by atoms with Gasteiger partial charge in [0, 0.05) is 19.3 Å². The number of hydrogen-bond donors (Lipinski definition) is 1. The number of amides is 2. The van der Waals surface area contributed by atoms with Gasteiger partial charge in [0.25, 0.3) is 11.8 Å². The number of para-hydroxylation sites is 1. The molecule has 1 aliphatic heterocycles. The Bertz CT molecular complexity index is 1110. The Morgan fingerprint density at radius 3 is 2.97 bits per heavy atom. The molecule has 152 valence electrons. The smallest absolute Gasteiger partial charge is 0.272 e. The maximum atomic E-state index is 13.8. The molecule has 3 heterocycles. The maximum Gasteiger partial charge on any atom is 0.272 e. The Kier molecular flexibility index (Phi) is 5.21. The van der Waals surface area contributed by atoms with Gasteiger partial charge in [0.1, 0.15) is 18.4 Å². The Morgan fingerprint density at radius 1 is 1.30 bits per heavy atom. The van der Waals surface area contributed by atoms with Crippen molar-refractivity contribution >= 4 is 17.6 Å². The Morgan fingerprint density at radius 2 is 2.13 bits per heavy atom. The van der Waals surface area contributed by atoms with Crippen molar-refractivity contribution in [2.45, 2.75) is 6.04 Å². The molecule has 10 heteroatoms. The van der Waals surface area contributed by atoms with Crippen LogP contribution in [0.4, 0.5) is 10.2 Å². The van der Waals surface area contributed by atoms with Crippen molar-refractivity contribution < 1.29 is 23.5 Å². The summed E-state index contributed by atoms with van der Waals surface area (Å²) in [5, 5.41) is 10.1. The molecule has 0 radical (unpaired) electrons. The third-order valence-electron chi connectivity index (χ3n) is 4.33. The lowest BCUT2D eigenvalue weighted by molar-refractivity contribution is -0.120. The second-order valence-corrected chi connectivity index (χ2v) is 6.37. The molecule has 3 aromatic rings. The average Bonchev–Trinajstić information content (AvgIpc) is 2.88. The number of halogens is 1. The number of benzene rings is 1. The van der Waals surface area contributed by atoms with E-state index in [0.29, 0.717) is 11.6 Å². The molecule has 0 saturated heterocycles. The highest BCUT2D eigenvalue weighted by Crippen LogP contribution is 2.27. The molecule has 1 atom stereocenters. The molecule has 4 rings (SSSR count). The van der Waals surface area contributed by atoms with Crippen molar-refractivity contribution in [2.24, 2.45) is 0 Å². The van der Waals surface area contributed by atoms with E-state index in [2.05, 4.69) is 20.5 Å². The highest BCUT2D eigenvalue weighted by atomic mass is 19.1. The summed E-state index contributed by atoms with van der Waals surface area (Å²) in [6.45, 7) is -0.0769. The lowest BCUT2D eigenvalue weighted by Crippen LogP contribution is -2.49. The quantitative estimate of drug-likeness (QED) is 0.702. The third-order valence-corrected chi connectivity index (χ3v) is 4.33. The molecular weight excluding hydrogens is 393 g/mol. The van der Waals surface area contributed by atoms with Gasteiger partial charge >= 0.3 is 0 Å². The first-order chi connectivity index (χ1) is 14.5. The summed E-state index contributed by atoms with van der Waals surface area (Å²) in [6, 6.07) is 9.55. The molecule has 9 nitrogen and oxygen atoms in total. The number of carbonyl (C=O) groups is 2. The van der Waals surface area contributed by atoms with Crippen molar-refractivity contribution in [1.82, 2.24) is 20.5 Å². The first-order valence-corrected chi connectivity index (χ1v) is 8.94. The summed E-state index contributed by atoms with van der Waals surface area (Å²) in [6.07, 6.45) is 2.79. The number of carbonyl (C=O) groups excluding carboxylic acids is 2. The third kappa shape index (κ3) is 3.88. The fraction of sp³-hybridized carbons (Fsp3) is 0.150. The number of nitrogens with zero attached hydrogens (tertiary/aromatic N) is 4. The molecule has 1 N–H and O–H groups in total. The normalized spacial score (nSPS) is 15.6. The van der Waals surface area contributed by atoms with Crippen LogP contribution in [0.3, 0.4) is 0 Å². The largest absolute Gasteiger partial charge is 0.487 e. The number of likely N-dealkylation sites (N-methyl/N-ethyl adjacent to an activating group) is 1. The lowest BCUT2D eigenvalue weighted by atomic mass is 10.2. The summed E-state index contributed by atoms with van der Waals surface area (Å²) in [5.74, 6) is -0.709. The molecule has 2 aromatic heterocycles. The van der Waals surface area contributed by atoms with Gasteiger partial charge in [-0.25, -0.2) is 9.37 Å². The number of fused-ring (bicyclic) bond motifs is 1. The summed E-state index contributed by atoms with van der Waals surface area (Å²) >= 11 is 0. The fourth-order valence-electron chi connectivity index (χ4n) is 2.83. The van der Waals surface area contributed by atoms with Crippen LogP contribution < -0.4 is 19.7 Å². The number of nitrogens with one attached hydrogen (secondary N) is 1. The molecule has 0 bridgehead atoms. The van der Waals surface area contributed by atoms with Crippen molar-refractivity contribution in [2.75, 3.05) is 18.6 Å². The number of pyridine rings is 1. The van der Waals surface area contributed by atoms with E-state index in [0.717, 1.165) is 0 Å². The van der Waals surface area contributed by atoms with E-state index in [1.165, 1.54) is 35.4 Å². The van der Waals surface area contributed by atoms with E-state index in [9.17, 15) is 14.0 Å². The van der Waals surface area contributed by atoms with Crippen LogP contribution in [0.15, 0.2) is 54.9 Å². The van der Waals surface area contributed by atoms with E-state index >= 15 is 0 Å². The zero-order valence-corrected chi connectivity index (χ0v) is 15.8. The number of anilines is 1. The number of ether oxygens (including phenoxy) is 2. The van der Waals surface area contributed by atoms with Crippen LogP contribution in [0.2, 0.25) is 0 Å². The number of aromatic nitrogens is 3. The molecule has 0 saturated carbocycles. The van der Waals surface area contributed by atoms with Gasteiger partial charge in [0.15, 0.2) is 28.8 Å². The van der Waals surface area contributed by atoms with Crippen LogP contribution in [0.1, 0.15) is 10.5 Å². The second-order valence-electron chi connectivity index (χ2n) is 6.37.